The van der Waals surface area contributed by atoms with E-state index in [0.717, 1.165) is 122 Å². The predicted octanol–water partition coefficient (Wildman–Crippen LogP) is 18.2. The van der Waals surface area contributed by atoms with E-state index in [1.165, 1.54) is 199 Å². The largest absolute Gasteiger partial charge is 0.472 e. The van der Waals surface area contributed by atoms with Crippen molar-refractivity contribution in [1.82, 2.24) is 0 Å². The molecule has 3 aliphatic rings. The van der Waals surface area contributed by atoms with Crippen molar-refractivity contribution in [2.75, 3.05) is 26.4 Å². The van der Waals surface area contributed by atoms with Crippen LogP contribution in [0, 0.1) is 5.92 Å². The number of ether oxygens (including phenoxy) is 8. The SMILES string of the molecule is CCCCCCCC/C=C\CCCCCC(=O)OC1C(O)C(O)C(OC2OC(CO)C(O)C(O)C2O)C(OP(=O)(O)OCC(COC(=O)CCCCCCCCCCCCCCCCCC)OC(=O)CCCCCCCCCCCCCCCCC)C1OC1OC(COC(=O)CCCCCCCCC(C)CCCCCCCC)C(O)C(O)C1O. The van der Waals surface area contributed by atoms with Gasteiger partial charge < -0.3 is 88.7 Å². The van der Waals surface area contributed by atoms with E-state index in [9.17, 15) is 74.6 Å². The number of allylic oxidation sites excluding steroid dienone is 2. The number of aliphatic hydroxyl groups is 9. The summed E-state index contributed by atoms with van der Waals surface area (Å²) >= 11 is 0. The highest BCUT2D eigenvalue weighted by atomic mass is 31.2. The Morgan fingerprint density at radius 3 is 1.09 bits per heavy atom. The van der Waals surface area contributed by atoms with Gasteiger partial charge in [-0.1, -0.05) is 355 Å². The summed E-state index contributed by atoms with van der Waals surface area (Å²) in [7, 11) is -5.81. The number of carbonyl (C=O) groups excluding carboxylic acids is 4. The van der Waals surface area contributed by atoms with E-state index in [2.05, 4.69) is 46.8 Å². The molecule has 1 saturated carbocycles. The lowest BCUT2D eigenvalue weighted by molar-refractivity contribution is -0.360. The first kappa shape index (κ1) is 110. The third-order valence-electron chi connectivity index (χ3n) is 23.9. The molecule has 0 aromatic carbocycles. The summed E-state index contributed by atoms with van der Waals surface area (Å²) in [5, 5.41) is 102. The molecule has 25 nitrogen and oxygen atoms in total. The molecule has 0 aromatic heterocycles. The van der Waals surface area contributed by atoms with Gasteiger partial charge in [-0.15, -0.1) is 0 Å². The average Bonchev–Trinajstić information content (AvgIpc) is 0.754. The van der Waals surface area contributed by atoms with Crippen molar-refractivity contribution in [2.45, 2.75) is 524 Å². The van der Waals surface area contributed by atoms with Gasteiger partial charge in [-0.25, -0.2) is 4.57 Å². The van der Waals surface area contributed by atoms with Crippen molar-refractivity contribution in [2.24, 2.45) is 5.92 Å². The predicted molar refractivity (Wildman–Crippen MR) is 463 cm³/mol. The van der Waals surface area contributed by atoms with Gasteiger partial charge in [0.15, 0.2) is 24.8 Å². The van der Waals surface area contributed by atoms with Crippen LogP contribution in [-0.2, 0) is 70.7 Å². The minimum Gasteiger partial charge on any atom is -0.463 e. The van der Waals surface area contributed by atoms with E-state index >= 15 is 0 Å². The van der Waals surface area contributed by atoms with Gasteiger partial charge in [0.05, 0.1) is 13.2 Å². The Labute approximate surface area is 718 Å². The van der Waals surface area contributed by atoms with E-state index in [4.69, 9.17) is 46.9 Å². The van der Waals surface area contributed by atoms with Gasteiger partial charge in [0.2, 0.25) is 0 Å². The van der Waals surface area contributed by atoms with Crippen molar-refractivity contribution >= 4 is 31.7 Å². The Kier molecular flexibility index (Phi) is 66.1. The fraction of sp³-hybridized carbons (Fsp3) is 0.935. The standard InChI is InChI=1S/C93H173O25P/c1-6-10-14-18-22-25-28-31-33-35-37-39-42-45-52-58-64-76(95)109-69-73(112-78(97)66-60-54-46-43-41-38-34-32-29-26-23-19-15-11-7-2)70-111-119(107,108)118-91-89(116-92-86(105)82(101)80(99)74(68-94)113-92)85(104)84(103)88(115-79(98)67-61-55-47-44-40-36-30-27-24-20-16-12-8-3)90(91)117-93-87(106)83(102)81(100)75(114-93)71-110-77(96)65-59-53-49-48-51-57-63-72(5)62-56-50-21-17-13-9-4/h36,40,72-75,80-94,99-106H,6-35,37-39,41-71H2,1-5H3,(H,107,108)/b40-36-. The van der Waals surface area contributed by atoms with E-state index < -0.39 is 162 Å². The summed E-state index contributed by atoms with van der Waals surface area (Å²) in [6, 6.07) is 0. The van der Waals surface area contributed by atoms with Crippen LogP contribution in [-0.4, -0.2) is 205 Å². The summed E-state index contributed by atoms with van der Waals surface area (Å²) in [5.74, 6) is -2.28. The quantitative estimate of drug-likeness (QED) is 0.00889. The maximum Gasteiger partial charge on any atom is 0.472 e. The Morgan fingerprint density at radius 1 is 0.353 bits per heavy atom. The minimum absolute atomic E-state index is 0.0144. The number of unbranched alkanes of at least 4 members (excludes halogenated alkanes) is 48. The first-order valence-corrected chi connectivity index (χ1v) is 49.8. The molecule has 2 heterocycles. The number of rotatable bonds is 78. The van der Waals surface area contributed by atoms with Gasteiger partial charge in [0, 0.05) is 25.7 Å². The number of hydrogen-bond acceptors (Lipinski definition) is 24. The summed E-state index contributed by atoms with van der Waals surface area (Å²) in [5.41, 5.74) is 0. The highest BCUT2D eigenvalue weighted by Gasteiger charge is 2.60. The summed E-state index contributed by atoms with van der Waals surface area (Å²) in [4.78, 5) is 66.6. The second kappa shape index (κ2) is 71.3. The molecule has 0 amide bonds. The summed E-state index contributed by atoms with van der Waals surface area (Å²) < 4.78 is 73.5. The number of aliphatic hydroxyl groups excluding tert-OH is 9. The van der Waals surface area contributed by atoms with Gasteiger partial charge in [0.25, 0.3) is 0 Å². The molecule has 119 heavy (non-hydrogen) atoms. The molecular weight excluding hydrogens is 1550 g/mol. The lowest BCUT2D eigenvalue weighted by Crippen LogP contribution is -2.70. The smallest absolute Gasteiger partial charge is 0.463 e. The molecule has 2 saturated heterocycles. The number of hydrogen-bond donors (Lipinski definition) is 10. The summed E-state index contributed by atoms with van der Waals surface area (Å²) in [6.07, 6.45) is 29.2. The molecule has 10 N–H and O–H groups in total. The molecule has 3 fully saturated rings. The molecule has 19 atom stereocenters. The van der Waals surface area contributed by atoms with Crippen molar-refractivity contribution in [1.29, 1.82) is 0 Å². The molecule has 0 aromatic rings. The van der Waals surface area contributed by atoms with E-state index in [1.807, 2.05) is 0 Å². The molecule has 2 aliphatic heterocycles. The maximum absolute atomic E-state index is 14.9. The number of esters is 4. The van der Waals surface area contributed by atoms with Crippen LogP contribution in [0.1, 0.15) is 420 Å². The van der Waals surface area contributed by atoms with Crippen molar-refractivity contribution in [3.63, 3.8) is 0 Å². The van der Waals surface area contributed by atoms with E-state index in [1.54, 1.807) is 0 Å². The molecule has 19 unspecified atom stereocenters. The van der Waals surface area contributed by atoms with Gasteiger partial charge in [-0.3, -0.25) is 28.2 Å². The minimum atomic E-state index is -5.81. The molecule has 700 valence electrons. The monoisotopic (exact) mass is 1720 g/mol. The Balaban J connectivity index is 1.91. The van der Waals surface area contributed by atoms with Crippen molar-refractivity contribution < 1.29 is 122 Å². The van der Waals surface area contributed by atoms with Crippen LogP contribution >= 0.6 is 7.82 Å². The van der Waals surface area contributed by atoms with Crippen LogP contribution in [0.25, 0.3) is 0 Å². The fourth-order valence-electron chi connectivity index (χ4n) is 16.1. The van der Waals surface area contributed by atoms with Crippen molar-refractivity contribution in [3.05, 3.63) is 12.2 Å². The van der Waals surface area contributed by atoms with Gasteiger partial charge in [0.1, 0.15) is 92.6 Å². The molecule has 3 rings (SSSR count). The Hall–Kier alpha value is -2.79. The van der Waals surface area contributed by atoms with Gasteiger partial charge in [-0.2, -0.15) is 0 Å². The molecule has 1 aliphatic carbocycles. The highest BCUT2D eigenvalue weighted by Crippen LogP contribution is 2.49. The topological polar surface area (TPSA) is 380 Å². The second-order valence-corrected chi connectivity index (χ2v) is 36.3. The van der Waals surface area contributed by atoms with Crippen LogP contribution in [0.3, 0.4) is 0 Å². The van der Waals surface area contributed by atoms with E-state index in [-0.39, 0.29) is 32.1 Å². The third-order valence-corrected chi connectivity index (χ3v) is 24.9. The normalized spacial score (nSPS) is 25.1. The Morgan fingerprint density at radius 2 is 0.681 bits per heavy atom. The van der Waals surface area contributed by atoms with Gasteiger partial charge >= 0.3 is 31.7 Å². The first-order valence-electron chi connectivity index (χ1n) is 48.3. The zero-order valence-electron chi connectivity index (χ0n) is 74.8. The summed E-state index contributed by atoms with van der Waals surface area (Å²) in [6.45, 7) is 7.94. The van der Waals surface area contributed by atoms with Crippen LogP contribution in [0.5, 0.6) is 0 Å². The number of phosphoric acid groups is 1. The van der Waals surface area contributed by atoms with Crippen LogP contribution in [0.15, 0.2) is 12.2 Å². The van der Waals surface area contributed by atoms with Crippen LogP contribution in [0.2, 0.25) is 0 Å². The van der Waals surface area contributed by atoms with Crippen LogP contribution < -0.4 is 0 Å². The Bertz CT molecular complexity index is 2530. The zero-order valence-corrected chi connectivity index (χ0v) is 75.7. The highest BCUT2D eigenvalue weighted by molar-refractivity contribution is 7.47. The van der Waals surface area contributed by atoms with Crippen molar-refractivity contribution in [3.8, 4) is 0 Å². The third kappa shape index (κ3) is 51.6. The molecule has 0 radical (unpaired) electrons. The second-order valence-electron chi connectivity index (χ2n) is 34.9. The number of phosphoric ester groups is 1. The van der Waals surface area contributed by atoms with Gasteiger partial charge in [-0.05, 0) is 57.3 Å². The molecule has 0 bridgehead atoms. The van der Waals surface area contributed by atoms with E-state index in [0.29, 0.717) is 38.0 Å². The molecule has 26 heteroatoms. The molecule has 0 spiro atoms. The fourth-order valence-corrected chi connectivity index (χ4v) is 17.1. The maximum atomic E-state index is 14.9. The zero-order chi connectivity index (χ0) is 86.9. The lowest BCUT2D eigenvalue weighted by Gasteiger charge is -2.50. The van der Waals surface area contributed by atoms with Crippen LogP contribution in [0.4, 0.5) is 0 Å². The average molecular weight is 1720 g/mol. The number of carbonyl (C=O) groups is 4. The first-order chi connectivity index (χ1) is 57.6. The lowest BCUT2D eigenvalue weighted by atomic mass is 9.84. The molecular formula is C93H173O25P.